The molecule has 0 unspecified atom stereocenters. The van der Waals surface area contributed by atoms with E-state index in [0.717, 1.165) is 0 Å². The first kappa shape index (κ1) is 9.81. The molecule has 0 radical (unpaired) electrons. The third-order valence-electron chi connectivity index (χ3n) is 1.35. The first-order valence-corrected chi connectivity index (χ1v) is 3.48. The van der Waals surface area contributed by atoms with Crippen LogP contribution in [0.4, 0.5) is 13.2 Å². The van der Waals surface area contributed by atoms with Gasteiger partial charge in [0.1, 0.15) is 16.8 Å². The van der Waals surface area contributed by atoms with E-state index >= 15 is 0 Å². The van der Waals surface area contributed by atoms with Crippen LogP contribution in [0, 0.1) is 17.1 Å². The highest BCUT2D eigenvalue weighted by molar-refractivity contribution is 6.30. The Kier molecular flexibility index (Phi) is 2.73. The van der Waals surface area contributed by atoms with E-state index in [-0.39, 0.29) is 0 Å². The van der Waals surface area contributed by atoms with E-state index < -0.39 is 28.5 Å². The molecule has 0 aliphatic heterocycles. The molecule has 0 N–H and O–H groups in total. The Balaban J connectivity index is 3.46. The highest BCUT2D eigenvalue weighted by atomic mass is 35.5. The van der Waals surface area contributed by atoms with Crippen LogP contribution in [0.5, 0.6) is 0 Å². The van der Waals surface area contributed by atoms with Gasteiger partial charge in [0.2, 0.25) is 0 Å². The smallest absolute Gasteiger partial charge is 0.240 e. The molecule has 0 aliphatic carbocycles. The van der Waals surface area contributed by atoms with Gasteiger partial charge < -0.3 is 0 Å². The molecule has 2 nitrogen and oxygen atoms in total. The van der Waals surface area contributed by atoms with Crippen molar-refractivity contribution in [3.05, 3.63) is 28.3 Å². The van der Waals surface area contributed by atoms with Gasteiger partial charge in [-0.1, -0.05) is 11.6 Å². The Morgan fingerprint density at radius 1 is 1.54 bits per heavy atom. The Morgan fingerprint density at radius 3 is 2.54 bits per heavy atom. The van der Waals surface area contributed by atoms with Crippen molar-refractivity contribution < 1.29 is 13.2 Å². The van der Waals surface area contributed by atoms with Crippen molar-refractivity contribution in [2.75, 3.05) is 0 Å². The van der Waals surface area contributed by atoms with Crippen LogP contribution in [-0.4, -0.2) is 4.98 Å². The number of pyridine rings is 1. The number of hydrogen-bond donors (Lipinski definition) is 0. The molecule has 1 aromatic heterocycles. The molecule has 6 heteroatoms. The number of hydrogen-bond acceptors (Lipinski definition) is 2. The average molecular weight is 207 g/mol. The number of rotatable bonds is 1. The van der Waals surface area contributed by atoms with E-state index in [9.17, 15) is 13.2 Å². The largest absolute Gasteiger partial charge is 0.268 e. The van der Waals surface area contributed by atoms with Crippen LogP contribution in [0.2, 0.25) is 5.15 Å². The van der Waals surface area contributed by atoms with Crippen molar-refractivity contribution >= 4 is 11.6 Å². The molecule has 0 aromatic carbocycles. The van der Waals surface area contributed by atoms with E-state index in [0.29, 0.717) is 6.20 Å². The summed E-state index contributed by atoms with van der Waals surface area (Å²) in [6.45, 7) is 0. The van der Waals surface area contributed by atoms with Crippen LogP contribution in [0.15, 0.2) is 6.20 Å². The molecular weight excluding hydrogens is 205 g/mol. The number of nitriles is 1. The third-order valence-corrected chi connectivity index (χ3v) is 1.64. The average Bonchev–Trinajstić information content (AvgIpc) is 2.07. The molecule has 0 fully saturated rings. The molecule has 13 heavy (non-hydrogen) atoms. The SMILES string of the molecule is N#Cc1c(Cl)ncc(F)c1C(F)F. The van der Waals surface area contributed by atoms with Gasteiger partial charge in [-0.05, 0) is 0 Å². The van der Waals surface area contributed by atoms with Crippen molar-refractivity contribution in [2.24, 2.45) is 0 Å². The standard InChI is InChI=1S/C7H2ClF3N2/c8-6-3(1-12)5(7(10)11)4(9)2-13-6/h2,7H. The molecule has 1 rings (SSSR count). The molecule has 0 saturated carbocycles. The van der Waals surface area contributed by atoms with Crippen LogP contribution in [0.25, 0.3) is 0 Å². The molecule has 0 atom stereocenters. The van der Waals surface area contributed by atoms with Gasteiger partial charge >= 0.3 is 0 Å². The summed E-state index contributed by atoms with van der Waals surface area (Å²) in [6, 6.07) is 1.37. The Bertz CT molecular complexity index is 373. The van der Waals surface area contributed by atoms with E-state index in [1.807, 2.05) is 0 Å². The van der Waals surface area contributed by atoms with E-state index in [1.165, 1.54) is 6.07 Å². The van der Waals surface area contributed by atoms with Crippen LogP contribution < -0.4 is 0 Å². The lowest BCUT2D eigenvalue weighted by molar-refractivity contribution is 0.146. The Labute approximate surface area is 76.6 Å². The van der Waals surface area contributed by atoms with Gasteiger partial charge in [0.05, 0.1) is 11.8 Å². The summed E-state index contributed by atoms with van der Waals surface area (Å²) in [7, 11) is 0. The summed E-state index contributed by atoms with van der Waals surface area (Å²) in [5.74, 6) is -1.23. The lowest BCUT2D eigenvalue weighted by Gasteiger charge is -2.03. The Hall–Kier alpha value is -1.28. The monoisotopic (exact) mass is 206 g/mol. The van der Waals surface area contributed by atoms with Crippen molar-refractivity contribution in [3.63, 3.8) is 0 Å². The topological polar surface area (TPSA) is 36.7 Å². The van der Waals surface area contributed by atoms with Gasteiger partial charge in [-0.15, -0.1) is 0 Å². The highest BCUT2D eigenvalue weighted by Gasteiger charge is 2.21. The van der Waals surface area contributed by atoms with Gasteiger partial charge in [0.15, 0.2) is 5.82 Å². The minimum absolute atomic E-state index is 0.417. The van der Waals surface area contributed by atoms with Crippen LogP contribution in [0.3, 0.4) is 0 Å². The summed E-state index contributed by atoms with van der Waals surface area (Å²) in [5, 5.41) is 7.98. The van der Waals surface area contributed by atoms with Crippen LogP contribution in [-0.2, 0) is 0 Å². The lowest BCUT2D eigenvalue weighted by Crippen LogP contribution is -1.98. The second-order valence-electron chi connectivity index (χ2n) is 2.10. The fraction of sp³-hybridized carbons (Fsp3) is 0.143. The zero-order valence-corrected chi connectivity index (χ0v) is 6.82. The highest BCUT2D eigenvalue weighted by Crippen LogP contribution is 2.28. The summed E-state index contributed by atoms with van der Waals surface area (Å²) in [5.41, 5.74) is -1.61. The number of aromatic nitrogens is 1. The number of nitrogens with zero attached hydrogens (tertiary/aromatic N) is 2. The van der Waals surface area contributed by atoms with Gasteiger partial charge in [0.25, 0.3) is 6.43 Å². The second kappa shape index (κ2) is 3.62. The quantitative estimate of drug-likeness (QED) is 0.663. The van der Waals surface area contributed by atoms with Crippen LogP contribution >= 0.6 is 11.6 Å². The van der Waals surface area contributed by atoms with E-state index in [4.69, 9.17) is 16.9 Å². The van der Waals surface area contributed by atoms with Gasteiger partial charge in [-0.25, -0.2) is 18.2 Å². The third kappa shape index (κ3) is 1.73. The van der Waals surface area contributed by atoms with Gasteiger partial charge in [-0.3, -0.25) is 0 Å². The minimum atomic E-state index is -3.07. The number of halogens is 4. The summed E-state index contributed by atoms with van der Waals surface area (Å²) < 4.78 is 37.1. The van der Waals surface area contributed by atoms with Crippen molar-refractivity contribution in [2.45, 2.75) is 6.43 Å². The fourth-order valence-electron chi connectivity index (χ4n) is 0.798. The predicted molar refractivity (Wildman–Crippen MR) is 38.9 cm³/mol. The van der Waals surface area contributed by atoms with Crippen molar-refractivity contribution in [1.82, 2.24) is 4.98 Å². The maximum atomic E-state index is 12.7. The Morgan fingerprint density at radius 2 is 2.15 bits per heavy atom. The molecule has 0 amide bonds. The van der Waals surface area contributed by atoms with E-state index in [1.54, 1.807) is 0 Å². The summed E-state index contributed by atoms with van der Waals surface area (Å²) in [4.78, 5) is 3.23. The lowest BCUT2D eigenvalue weighted by atomic mass is 10.1. The zero-order chi connectivity index (χ0) is 10.0. The van der Waals surface area contributed by atoms with Crippen molar-refractivity contribution in [3.8, 4) is 6.07 Å². The van der Waals surface area contributed by atoms with E-state index in [2.05, 4.69) is 4.98 Å². The van der Waals surface area contributed by atoms with Crippen molar-refractivity contribution in [1.29, 1.82) is 5.26 Å². The van der Waals surface area contributed by atoms with Gasteiger partial charge in [0, 0.05) is 0 Å². The maximum absolute atomic E-state index is 12.7. The predicted octanol–water partition coefficient (Wildman–Crippen LogP) is 2.68. The normalized spacial score (nSPS) is 10.2. The van der Waals surface area contributed by atoms with Crippen LogP contribution in [0.1, 0.15) is 17.6 Å². The molecule has 1 heterocycles. The molecule has 0 saturated heterocycles. The fourth-order valence-corrected chi connectivity index (χ4v) is 0.991. The summed E-state index contributed by atoms with van der Waals surface area (Å²) in [6.07, 6.45) is -2.51. The maximum Gasteiger partial charge on any atom is 0.268 e. The minimum Gasteiger partial charge on any atom is -0.240 e. The molecule has 0 aliphatic rings. The summed E-state index contributed by atoms with van der Waals surface area (Å²) >= 11 is 5.31. The molecular formula is C7H2ClF3N2. The number of alkyl halides is 2. The molecule has 1 aromatic rings. The first-order valence-electron chi connectivity index (χ1n) is 3.10. The first-order chi connectivity index (χ1) is 6.07. The second-order valence-corrected chi connectivity index (χ2v) is 2.46. The zero-order valence-electron chi connectivity index (χ0n) is 6.06. The van der Waals surface area contributed by atoms with Gasteiger partial charge in [-0.2, -0.15) is 5.26 Å². The molecule has 0 spiro atoms. The molecule has 0 bridgehead atoms. The molecule has 68 valence electrons.